The highest BCUT2D eigenvalue weighted by Crippen LogP contribution is 2.44. The summed E-state index contributed by atoms with van der Waals surface area (Å²) in [5.41, 5.74) is 6.59. The largest absolute Gasteiger partial charge is 0.375 e. The van der Waals surface area contributed by atoms with Crippen molar-refractivity contribution in [2.45, 2.75) is 88.8 Å². The maximum atomic E-state index is 6.37. The molecule has 3 fully saturated rings. The van der Waals surface area contributed by atoms with E-state index in [1.54, 1.807) is 0 Å². The molecule has 122 valence electrons. The first kappa shape index (κ1) is 15.8. The highest BCUT2D eigenvalue weighted by molar-refractivity contribution is 5.04. The van der Waals surface area contributed by atoms with Crippen LogP contribution in [-0.2, 0) is 4.74 Å². The Labute approximate surface area is 130 Å². The molecule has 1 saturated carbocycles. The van der Waals surface area contributed by atoms with Crippen molar-refractivity contribution in [3.8, 4) is 0 Å². The fourth-order valence-electron chi connectivity index (χ4n) is 5.30. The molecule has 3 rings (SSSR count). The van der Waals surface area contributed by atoms with Crippen LogP contribution in [0.15, 0.2) is 0 Å². The van der Waals surface area contributed by atoms with Crippen LogP contribution in [0, 0.1) is 5.92 Å². The van der Waals surface area contributed by atoms with Gasteiger partial charge in [0.1, 0.15) is 0 Å². The Morgan fingerprint density at radius 1 is 1.19 bits per heavy atom. The van der Waals surface area contributed by atoms with Crippen LogP contribution in [0.25, 0.3) is 0 Å². The summed E-state index contributed by atoms with van der Waals surface area (Å²) in [5.74, 6) is 0.937. The van der Waals surface area contributed by atoms with E-state index in [4.69, 9.17) is 10.5 Å². The van der Waals surface area contributed by atoms with Crippen LogP contribution in [0.2, 0.25) is 0 Å². The average Bonchev–Trinajstić information content (AvgIpc) is 2.54. The zero-order valence-electron chi connectivity index (χ0n) is 14.1. The van der Waals surface area contributed by atoms with E-state index >= 15 is 0 Å². The second kappa shape index (κ2) is 6.17. The predicted molar refractivity (Wildman–Crippen MR) is 87.4 cm³/mol. The summed E-state index contributed by atoms with van der Waals surface area (Å²) >= 11 is 0. The van der Waals surface area contributed by atoms with Crippen molar-refractivity contribution >= 4 is 0 Å². The molecule has 2 unspecified atom stereocenters. The lowest BCUT2D eigenvalue weighted by Crippen LogP contribution is -2.66. The van der Waals surface area contributed by atoms with Crippen molar-refractivity contribution in [1.29, 1.82) is 0 Å². The van der Waals surface area contributed by atoms with E-state index in [0.29, 0.717) is 0 Å². The van der Waals surface area contributed by atoms with Crippen LogP contribution in [0.1, 0.15) is 71.6 Å². The van der Waals surface area contributed by atoms with Crippen LogP contribution in [-0.4, -0.2) is 41.8 Å². The van der Waals surface area contributed by atoms with Crippen molar-refractivity contribution in [3.05, 3.63) is 0 Å². The van der Waals surface area contributed by atoms with E-state index in [1.807, 2.05) is 0 Å². The molecule has 2 aliphatic heterocycles. The van der Waals surface area contributed by atoms with Crippen molar-refractivity contribution < 1.29 is 4.74 Å². The summed E-state index contributed by atoms with van der Waals surface area (Å²) in [4.78, 5) is 2.86. The van der Waals surface area contributed by atoms with Crippen LogP contribution >= 0.6 is 0 Å². The number of nitrogens with two attached hydrogens (primary N) is 1. The number of rotatable bonds is 3. The average molecular weight is 294 g/mol. The van der Waals surface area contributed by atoms with E-state index < -0.39 is 0 Å². The maximum Gasteiger partial charge on any atom is 0.0670 e. The fourth-order valence-corrected chi connectivity index (χ4v) is 5.30. The second-order valence-electron chi connectivity index (χ2n) is 7.95. The number of hydrogen-bond donors (Lipinski definition) is 1. The van der Waals surface area contributed by atoms with Crippen LogP contribution in [0.3, 0.4) is 0 Å². The smallest absolute Gasteiger partial charge is 0.0670 e. The Kier molecular flexibility index (Phi) is 4.63. The molecular formula is C18H34N2O. The zero-order valence-corrected chi connectivity index (χ0v) is 14.1. The summed E-state index contributed by atoms with van der Waals surface area (Å²) in [6.07, 6.45) is 11.9. The molecule has 3 heteroatoms. The summed E-state index contributed by atoms with van der Waals surface area (Å²) in [6, 6.07) is 0.801. The lowest BCUT2D eigenvalue weighted by Gasteiger charge is -2.57. The summed E-state index contributed by atoms with van der Waals surface area (Å²) < 4.78 is 6.12. The van der Waals surface area contributed by atoms with Crippen molar-refractivity contribution in [2.75, 3.05) is 19.7 Å². The third kappa shape index (κ3) is 2.89. The van der Waals surface area contributed by atoms with Gasteiger partial charge in [-0.25, -0.2) is 0 Å². The molecule has 21 heavy (non-hydrogen) atoms. The van der Waals surface area contributed by atoms with Gasteiger partial charge < -0.3 is 10.5 Å². The third-order valence-corrected chi connectivity index (χ3v) is 6.70. The normalized spacial score (nSPS) is 45.3. The van der Waals surface area contributed by atoms with Crippen LogP contribution in [0.5, 0.6) is 0 Å². The fraction of sp³-hybridized carbons (Fsp3) is 1.00. The molecule has 3 aliphatic rings. The van der Waals surface area contributed by atoms with Gasteiger partial charge in [0.25, 0.3) is 0 Å². The number of hydrogen-bond acceptors (Lipinski definition) is 3. The molecule has 0 aromatic rings. The van der Waals surface area contributed by atoms with Gasteiger partial charge in [-0.1, -0.05) is 19.8 Å². The summed E-state index contributed by atoms with van der Waals surface area (Å²) in [6.45, 7) is 7.49. The molecule has 2 N–H and O–H groups in total. The quantitative estimate of drug-likeness (QED) is 0.868. The van der Waals surface area contributed by atoms with E-state index in [0.717, 1.165) is 44.4 Å². The summed E-state index contributed by atoms with van der Waals surface area (Å²) in [7, 11) is 0. The van der Waals surface area contributed by atoms with Crippen LogP contribution < -0.4 is 5.73 Å². The van der Waals surface area contributed by atoms with Gasteiger partial charge in [0.05, 0.1) is 5.60 Å². The van der Waals surface area contributed by atoms with Crippen molar-refractivity contribution in [2.24, 2.45) is 11.7 Å². The van der Waals surface area contributed by atoms with Gasteiger partial charge in [-0.05, 0) is 64.3 Å². The van der Waals surface area contributed by atoms with E-state index in [1.165, 1.54) is 45.1 Å². The first-order valence-electron chi connectivity index (χ1n) is 9.23. The van der Waals surface area contributed by atoms with Crippen LogP contribution in [0.4, 0.5) is 0 Å². The number of fused-ring (bicyclic) bond motifs is 1. The molecule has 2 saturated heterocycles. The van der Waals surface area contributed by atoms with Crippen molar-refractivity contribution in [3.63, 3.8) is 0 Å². The molecule has 4 atom stereocenters. The van der Waals surface area contributed by atoms with E-state index in [-0.39, 0.29) is 11.1 Å². The Bertz CT molecular complexity index is 359. The Hall–Kier alpha value is -0.120. The van der Waals surface area contributed by atoms with Gasteiger partial charge in [-0.2, -0.15) is 0 Å². The Morgan fingerprint density at radius 2 is 1.95 bits per heavy atom. The van der Waals surface area contributed by atoms with E-state index in [2.05, 4.69) is 18.7 Å². The molecule has 0 radical (unpaired) electrons. The maximum absolute atomic E-state index is 6.37. The first-order valence-corrected chi connectivity index (χ1v) is 9.23. The lowest BCUT2D eigenvalue weighted by molar-refractivity contribution is -0.149. The minimum Gasteiger partial charge on any atom is -0.375 e. The number of ether oxygens (including phenoxy) is 1. The van der Waals surface area contributed by atoms with Gasteiger partial charge in [0, 0.05) is 24.7 Å². The molecule has 3 nitrogen and oxygen atoms in total. The van der Waals surface area contributed by atoms with E-state index in [9.17, 15) is 0 Å². The molecule has 0 spiro atoms. The monoisotopic (exact) mass is 294 g/mol. The Morgan fingerprint density at radius 3 is 2.71 bits per heavy atom. The zero-order chi connectivity index (χ0) is 14.9. The Balaban J connectivity index is 1.83. The molecule has 0 aromatic heterocycles. The third-order valence-electron chi connectivity index (χ3n) is 6.70. The minimum atomic E-state index is 0.0270. The minimum absolute atomic E-state index is 0.0270. The van der Waals surface area contributed by atoms with Gasteiger partial charge in [-0.15, -0.1) is 0 Å². The highest BCUT2D eigenvalue weighted by atomic mass is 16.5. The number of likely N-dealkylation sites (tertiary alicyclic amines) is 1. The van der Waals surface area contributed by atoms with Gasteiger partial charge in [0.15, 0.2) is 0 Å². The first-order chi connectivity index (χ1) is 10.1. The predicted octanol–water partition coefficient (Wildman–Crippen LogP) is 3.32. The standard InChI is InChI=1S/C18H34N2O/c1-3-17(2)13-18(14-19,10-12-21-17)20-11-6-8-15-7-4-5-9-16(15)20/h15-16H,3-14,19H2,1-2H3/t15-,16-,17?,18?/m1/s1. The number of nitrogens with zero attached hydrogens (tertiary/aromatic N) is 1. The molecule has 0 aromatic carbocycles. The second-order valence-corrected chi connectivity index (χ2v) is 7.95. The topological polar surface area (TPSA) is 38.5 Å². The van der Waals surface area contributed by atoms with Crippen molar-refractivity contribution in [1.82, 2.24) is 4.90 Å². The molecule has 0 bridgehead atoms. The SMILES string of the molecule is CCC1(C)CC(CN)(N2CCC[C@H]3CCCC[C@H]32)CCO1. The lowest BCUT2D eigenvalue weighted by atomic mass is 9.71. The summed E-state index contributed by atoms with van der Waals surface area (Å²) in [5, 5.41) is 0. The highest BCUT2D eigenvalue weighted by Gasteiger charge is 2.49. The molecule has 0 amide bonds. The van der Waals surface area contributed by atoms with Gasteiger partial charge >= 0.3 is 0 Å². The molecular weight excluding hydrogens is 260 g/mol. The van der Waals surface area contributed by atoms with Gasteiger partial charge in [0.2, 0.25) is 0 Å². The molecule has 2 heterocycles. The number of piperidine rings is 1. The van der Waals surface area contributed by atoms with Gasteiger partial charge in [-0.3, -0.25) is 4.90 Å². The molecule has 1 aliphatic carbocycles.